The van der Waals surface area contributed by atoms with Gasteiger partial charge in [0, 0.05) is 21.9 Å². The molecular weight excluding hydrogens is 1890 g/mol. The van der Waals surface area contributed by atoms with Crippen LogP contribution in [-0.4, -0.2) is 0 Å². The minimum absolute atomic E-state index is 0.0931. The highest BCUT2D eigenvalue weighted by atomic mass is 19.4. The highest BCUT2D eigenvalue weighted by Crippen LogP contribution is 2.41. The van der Waals surface area contributed by atoms with Crippen LogP contribution in [0.4, 0.5) is 87.8 Å². The summed E-state index contributed by atoms with van der Waals surface area (Å²) < 4.78 is 262. The highest BCUT2D eigenvalue weighted by Gasteiger charge is 2.35. The van der Waals surface area contributed by atoms with Crippen LogP contribution in [0.2, 0.25) is 0 Å². The van der Waals surface area contributed by atoms with E-state index in [2.05, 4.69) is 37.3 Å². The van der Waals surface area contributed by atoms with Crippen molar-refractivity contribution in [2.45, 2.75) is 177 Å². The molecule has 0 aromatic heterocycles. The van der Waals surface area contributed by atoms with Gasteiger partial charge in [-0.1, -0.05) is 298 Å². The number of fused-ring (bicyclic) bond motifs is 10. The maximum Gasteiger partial charge on any atom is 0.417 e. The summed E-state index contributed by atoms with van der Waals surface area (Å²) in [6.45, 7) is 35.1. The average Bonchev–Trinajstić information content (AvgIpc) is 0.795. The predicted molar refractivity (Wildman–Crippen MR) is 563 cm³/mol. The lowest BCUT2D eigenvalue weighted by Crippen LogP contribution is -2.08. The second kappa shape index (κ2) is 48.1. The van der Waals surface area contributed by atoms with E-state index in [1.807, 2.05) is 178 Å². The fourth-order valence-electron chi connectivity index (χ4n) is 17.5. The summed E-state index contributed by atoms with van der Waals surface area (Å²) in [6, 6.07) is 82.7. The number of benzene rings is 20. The molecule has 0 amide bonds. The smallest absolute Gasteiger partial charge is 0.246 e. The summed E-state index contributed by atoms with van der Waals surface area (Å²) in [5, 5.41) is 12.9. The van der Waals surface area contributed by atoms with Crippen LogP contribution in [0.15, 0.2) is 279 Å². The van der Waals surface area contributed by atoms with Crippen LogP contribution in [0.25, 0.3) is 108 Å². The van der Waals surface area contributed by atoms with Crippen LogP contribution in [0.5, 0.6) is 0 Å². The lowest BCUT2D eigenvalue weighted by atomic mass is 9.98. The summed E-state index contributed by atoms with van der Waals surface area (Å²) in [4.78, 5) is 0. The topological polar surface area (TPSA) is 0 Å². The monoisotopic (exact) mass is 2000 g/mol. The molecule has 0 unspecified atom stereocenters. The Labute approximate surface area is 838 Å². The van der Waals surface area contributed by atoms with Crippen molar-refractivity contribution in [1.29, 1.82) is 0 Å². The molecule has 20 aromatic rings. The van der Waals surface area contributed by atoms with Crippen molar-refractivity contribution >= 4 is 108 Å². The fraction of sp³-hybridized carbons (Fsp3) is 0.206. The molecule has 0 saturated carbocycles. The standard InChI is InChI=1S/2C13H11F3.2C13H12F2.2C13H13F.C12H9F3.2C12H10F2.C12H11F/c1-8-3-6-11-10(7-8)5-4-9(2)12(11)13(14,15)16;1-8-3-4-10-5-9(2)7-12(11(10)6-8)13(14,15)16;1-8-3-6-11-10(7-8)5-4-9(2)12(11)13(14)15;1-8-3-4-10-5-9(2)7-12(13(14)15)11(10)6-8;1-9-3-6-12-11(7-9)5-4-10(2)13(12)8-14;1-9-3-4-11-5-10(2)6-12(8-14)13(11)7-9;1-6-3-4-8-5-7(2)11(14)12(15)9(8)10(6)13;1-7-5-9-4-3-8(2)12(14)11(9)10(13)6-7;1-7-3-4-9-6-8(2)11(13)12(14)10(9)5-7;1-8-3-6-11-10(7-8)5-4-9(2)12(11)13/h2*3-7H,1-2H3;2*3-7,13H,1-2H3;2*3-7H,8H2,1-2H3;3-5H,1-2H3;2*3-6H,1-2H3;3-7H,1-2H3. The third-order valence-corrected chi connectivity index (χ3v) is 25.0. The first kappa shape index (κ1) is 112. The molecule has 0 fully saturated rings. The Hall–Kier alpha value is -14.4. The van der Waals surface area contributed by atoms with E-state index < -0.39 is 77.1 Å². The molecule has 0 nitrogen and oxygen atoms in total. The highest BCUT2D eigenvalue weighted by molar-refractivity contribution is 5.94. The first-order valence-electron chi connectivity index (χ1n) is 47.0. The van der Waals surface area contributed by atoms with Gasteiger partial charge in [-0.05, 0) is 328 Å². The summed E-state index contributed by atoms with van der Waals surface area (Å²) >= 11 is 0. The van der Waals surface area contributed by atoms with Gasteiger partial charge in [-0.3, -0.25) is 0 Å². The molecule has 0 atom stereocenters. The second-order valence-electron chi connectivity index (χ2n) is 37.3. The van der Waals surface area contributed by atoms with Crippen LogP contribution in [0.1, 0.15) is 158 Å². The first-order valence-corrected chi connectivity index (χ1v) is 47.0. The number of aryl methyl sites for hydroxylation is 20. The zero-order valence-electron chi connectivity index (χ0n) is 84.7. The number of hydrogen-bond acceptors (Lipinski definition) is 0. The Morgan fingerprint density at radius 1 is 0.205 bits per heavy atom. The van der Waals surface area contributed by atoms with E-state index in [-0.39, 0.29) is 63.0 Å². The maximum atomic E-state index is 13.6. The second-order valence-corrected chi connectivity index (χ2v) is 37.3. The normalized spacial score (nSPS) is 11.2. The van der Waals surface area contributed by atoms with E-state index in [1.165, 1.54) is 56.2 Å². The molecule has 0 saturated heterocycles. The molecule has 0 heterocycles. The van der Waals surface area contributed by atoms with Gasteiger partial charge in [0.2, 0.25) is 0 Å². The van der Waals surface area contributed by atoms with Gasteiger partial charge in [-0.25, -0.2) is 61.5 Å². The molecular formula is C126H112F20. The number of halogens is 20. The van der Waals surface area contributed by atoms with E-state index in [9.17, 15) is 87.8 Å². The summed E-state index contributed by atoms with van der Waals surface area (Å²) in [7, 11) is 0. The van der Waals surface area contributed by atoms with Crippen LogP contribution in [-0.2, 0) is 25.7 Å². The van der Waals surface area contributed by atoms with Gasteiger partial charge in [-0.2, -0.15) is 26.3 Å². The molecule has 0 aliphatic heterocycles. The first-order chi connectivity index (χ1) is 68.7. The Morgan fingerprint density at radius 2 is 0.534 bits per heavy atom. The number of rotatable bonds is 4. The minimum Gasteiger partial charge on any atom is -0.246 e. The largest absolute Gasteiger partial charge is 0.417 e. The van der Waals surface area contributed by atoms with Crippen molar-refractivity contribution in [2.24, 2.45) is 0 Å². The van der Waals surface area contributed by atoms with Crippen LogP contribution in [0.3, 0.4) is 0 Å². The van der Waals surface area contributed by atoms with E-state index in [0.717, 1.165) is 110 Å². The molecule has 756 valence electrons. The van der Waals surface area contributed by atoms with Crippen LogP contribution in [0, 0.1) is 185 Å². The molecule has 0 spiro atoms. The molecule has 146 heavy (non-hydrogen) atoms. The van der Waals surface area contributed by atoms with E-state index in [0.29, 0.717) is 76.5 Å². The lowest BCUT2D eigenvalue weighted by molar-refractivity contribution is -0.137. The third kappa shape index (κ3) is 27.4. The Balaban J connectivity index is 0.000000154. The lowest BCUT2D eigenvalue weighted by Gasteiger charge is -2.13. The van der Waals surface area contributed by atoms with Crippen molar-refractivity contribution in [2.75, 3.05) is 0 Å². The molecule has 20 rings (SSSR count). The van der Waals surface area contributed by atoms with E-state index >= 15 is 0 Å². The molecule has 20 aromatic carbocycles. The van der Waals surface area contributed by atoms with Gasteiger partial charge in [0.15, 0.2) is 23.3 Å². The zero-order valence-corrected chi connectivity index (χ0v) is 84.7. The van der Waals surface area contributed by atoms with Gasteiger partial charge < -0.3 is 0 Å². The van der Waals surface area contributed by atoms with Crippen LogP contribution >= 0.6 is 0 Å². The van der Waals surface area contributed by atoms with Gasteiger partial charge in [0.25, 0.3) is 12.9 Å². The van der Waals surface area contributed by atoms with Crippen LogP contribution < -0.4 is 0 Å². The van der Waals surface area contributed by atoms with E-state index in [4.69, 9.17) is 0 Å². The van der Waals surface area contributed by atoms with Crippen molar-refractivity contribution in [1.82, 2.24) is 0 Å². The van der Waals surface area contributed by atoms with Crippen molar-refractivity contribution < 1.29 is 87.8 Å². The summed E-state index contributed by atoms with van der Waals surface area (Å²) in [5.41, 5.74) is 16.6. The molecule has 0 radical (unpaired) electrons. The molecule has 20 heteroatoms. The van der Waals surface area contributed by atoms with Gasteiger partial charge in [-0.15, -0.1) is 0 Å². The molecule has 0 bridgehead atoms. The van der Waals surface area contributed by atoms with Crippen molar-refractivity contribution in [3.8, 4) is 0 Å². The zero-order chi connectivity index (χ0) is 107. The molecule has 0 N–H and O–H groups in total. The Bertz CT molecular complexity index is 8160. The summed E-state index contributed by atoms with van der Waals surface area (Å²) in [6.07, 6.45) is -13.4. The van der Waals surface area contributed by atoms with Crippen molar-refractivity contribution in [3.05, 3.63) is 470 Å². The predicted octanol–water partition coefficient (Wildman–Crippen LogP) is 40.5. The van der Waals surface area contributed by atoms with Gasteiger partial charge in [0.05, 0.1) is 21.9 Å². The SMILES string of the molecule is Cc1cc(C(F)(F)F)c2cc(C)ccc2c1.Cc1cc(C(F)F)c2cc(C)ccc2c1.Cc1cc(CF)c2cc(C)ccc2c1.Cc1cc(F)c2c(F)c(C)ccc2c1.Cc1cc2ccc(C)c(F)c2c(F)c1F.Cc1ccc2c(C(F)(F)F)c(C)ccc2c1.Cc1ccc2c(C(F)F)c(C)ccc2c1.Cc1ccc2c(CF)c(C)ccc2c1.Cc1ccc2c(F)c(C)ccc2c1.Cc1ccc2cc(C)c(F)c(F)c2c1. The Kier molecular flexibility index (Phi) is 36.9. The molecule has 0 aliphatic carbocycles. The maximum absolute atomic E-state index is 13.6. The molecule has 0 aliphatic rings. The number of alkyl halides is 12. The Morgan fingerprint density at radius 3 is 1.03 bits per heavy atom. The minimum atomic E-state index is -4.29. The average molecular weight is 2010 g/mol. The van der Waals surface area contributed by atoms with Gasteiger partial charge >= 0.3 is 12.4 Å². The van der Waals surface area contributed by atoms with Gasteiger partial charge in [0.1, 0.15) is 36.6 Å². The fourth-order valence-corrected chi connectivity index (χ4v) is 17.5. The summed E-state index contributed by atoms with van der Waals surface area (Å²) in [5.74, 6) is -5.31. The quantitative estimate of drug-likeness (QED) is 0.154. The number of hydrogen-bond donors (Lipinski definition) is 0. The van der Waals surface area contributed by atoms with E-state index in [1.54, 1.807) is 158 Å². The third-order valence-electron chi connectivity index (χ3n) is 25.0. The van der Waals surface area contributed by atoms with Crippen molar-refractivity contribution in [3.63, 3.8) is 0 Å².